The lowest BCUT2D eigenvalue weighted by Crippen LogP contribution is -2.38. The third-order valence-electron chi connectivity index (χ3n) is 5.69. The molecule has 1 amide bonds. The van der Waals surface area contributed by atoms with E-state index in [1.165, 1.54) is 23.5 Å². The molecule has 39 heavy (non-hydrogen) atoms. The second-order valence-electron chi connectivity index (χ2n) is 8.56. The van der Waals surface area contributed by atoms with Crippen molar-refractivity contribution < 1.29 is 17.9 Å². The van der Waals surface area contributed by atoms with E-state index in [0.717, 1.165) is 15.4 Å². The van der Waals surface area contributed by atoms with Gasteiger partial charge in [-0.05, 0) is 55.5 Å². The van der Waals surface area contributed by atoms with Gasteiger partial charge >= 0.3 is 0 Å². The van der Waals surface area contributed by atoms with Crippen molar-refractivity contribution in [1.29, 1.82) is 0 Å². The molecule has 1 heterocycles. The number of benzene rings is 4. The number of nitrogens with zero attached hydrogens (tertiary/aromatic N) is 3. The fourth-order valence-electron chi connectivity index (χ4n) is 3.72. The van der Waals surface area contributed by atoms with Crippen LogP contribution in [-0.4, -0.2) is 31.1 Å². The highest BCUT2D eigenvalue weighted by Crippen LogP contribution is 2.29. The SMILES string of the molecule is Cc1ccc(-c2nnc(NC(=O)CN(c3ccc(Oc4ccccc4)cc3)S(=O)(=O)c3ccccc3)s2)cc1. The van der Waals surface area contributed by atoms with Crippen molar-refractivity contribution in [2.45, 2.75) is 11.8 Å². The van der Waals surface area contributed by atoms with Gasteiger partial charge in [0.1, 0.15) is 23.1 Å². The summed E-state index contributed by atoms with van der Waals surface area (Å²) in [5, 5.41) is 11.8. The number of carbonyl (C=O) groups is 1. The minimum atomic E-state index is -4.06. The van der Waals surface area contributed by atoms with Crippen molar-refractivity contribution in [3.8, 4) is 22.1 Å². The van der Waals surface area contributed by atoms with E-state index in [4.69, 9.17) is 4.74 Å². The van der Waals surface area contributed by atoms with Gasteiger partial charge in [-0.2, -0.15) is 0 Å². The van der Waals surface area contributed by atoms with E-state index in [1.54, 1.807) is 42.5 Å². The number of hydrogen-bond donors (Lipinski definition) is 1. The molecule has 0 aliphatic heterocycles. The molecule has 4 aromatic carbocycles. The maximum absolute atomic E-state index is 13.6. The lowest BCUT2D eigenvalue weighted by atomic mass is 10.2. The van der Waals surface area contributed by atoms with Gasteiger partial charge in [0.05, 0.1) is 10.6 Å². The molecule has 5 rings (SSSR count). The van der Waals surface area contributed by atoms with Crippen LogP contribution in [0.1, 0.15) is 5.56 Å². The molecule has 0 aliphatic rings. The van der Waals surface area contributed by atoms with Gasteiger partial charge in [-0.25, -0.2) is 8.42 Å². The number of para-hydroxylation sites is 1. The largest absolute Gasteiger partial charge is 0.457 e. The van der Waals surface area contributed by atoms with Gasteiger partial charge < -0.3 is 4.74 Å². The Morgan fingerprint density at radius 3 is 2.10 bits per heavy atom. The molecule has 196 valence electrons. The van der Waals surface area contributed by atoms with Gasteiger partial charge in [0.15, 0.2) is 0 Å². The van der Waals surface area contributed by atoms with Crippen molar-refractivity contribution >= 4 is 38.1 Å². The highest BCUT2D eigenvalue weighted by atomic mass is 32.2. The van der Waals surface area contributed by atoms with Crippen LogP contribution in [0, 0.1) is 6.92 Å². The Labute approximate surface area is 230 Å². The summed E-state index contributed by atoms with van der Waals surface area (Å²) in [7, 11) is -4.06. The lowest BCUT2D eigenvalue weighted by Gasteiger charge is -2.24. The van der Waals surface area contributed by atoms with Gasteiger partial charge in [0.25, 0.3) is 10.0 Å². The fourth-order valence-corrected chi connectivity index (χ4v) is 5.92. The van der Waals surface area contributed by atoms with Crippen molar-refractivity contribution in [3.63, 3.8) is 0 Å². The number of aryl methyl sites for hydroxylation is 1. The van der Waals surface area contributed by atoms with Crippen LogP contribution in [0.4, 0.5) is 10.8 Å². The summed E-state index contributed by atoms with van der Waals surface area (Å²) in [6.45, 7) is 1.53. The molecule has 5 aromatic rings. The molecule has 1 aromatic heterocycles. The zero-order chi connectivity index (χ0) is 27.2. The molecule has 0 aliphatic carbocycles. The molecule has 0 radical (unpaired) electrons. The van der Waals surface area contributed by atoms with E-state index in [-0.39, 0.29) is 10.0 Å². The molecule has 1 N–H and O–H groups in total. The zero-order valence-electron chi connectivity index (χ0n) is 20.9. The van der Waals surface area contributed by atoms with Gasteiger partial charge in [-0.3, -0.25) is 14.4 Å². The summed E-state index contributed by atoms with van der Waals surface area (Å²) in [4.78, 5) is 13.1. The first-order chi connectivity index (χ1) is 18.9. The maximum Gasteiger partial charge on any atom is 0.264 e. The minimum Gasteiger partial charge on any atom is -0.457 e. The van der Waals surface area contributed by atoms with Crippen LogP contribution in [0.3, 0.4) is 0 Å². The van der Waals surface area contributed by atoms with Crippen LogP contribution in [-0.2, 0) is 14.8 Å². The number of rotatable bonds is 9. The number of nitrogens with one attached hydrogen (secondary N) is 1. The van der Waals surface area contributed by atoms with E-state index in [2.05, 4.69) is 15.5 Å². The van der Waals surface area contributed by atoms with E-state index >= 15 is 0 Å². The van der Waals surface area contributed by atoms with E-state index in [0.29, 0.717) is 22.2 Å². The summed E-state index contributed by atoms with van der Waals surface area (Å²) in [5.41, 5.74) is 2.31. The van der Waals surface area contributed by atoms with Gasteiger partial charge in [0.2, 0.25) is 11.0 Å². The first kappa shape index (κ1) is 26.1. The average Bonchev–Trinajstić information content (AvgIpc) is 3.42. The normalized spacial score (nSPS) is 11.1. The maximum atomic E-state index is 13.6. The van der Waals surface area contributed by atoms with Gasteiger partial charge in [0, 0.05) is 5.56 Å². The molecule has 0 fully saturated rings. The van der Waals surface area contributed by atoms with E-state index in [1.807, 2.05) is 61.5 Å². The highest BCUT2D eigenvalue weighted by molar-refractivity contribution is 7.92. The Bertz CT molecular complexity index is 1660. The quantitative estimate of drug-likeness (QED) is 0.234. The molecule has 0 atom stereocenters. The molecule has 0 saturated heterocycles. The Morgan fingerprint density at radius 1 is 0.821 bits per heavy atom. The van der Waals surface area contributed by atoms with Crippen LogP contribution in [0.5, 0.6) is 11.5 Å². The lowest BCUT2D eigenvalue weighted by molar-refractivity contribution is -0.114. The number of amides is 1. The zero-order valence-corrected chi connectivity index (χ0v) is 22.5. The molecule has 0 unspecified atom stereocenters. The summed E-state index contributed by atoms with van der Waals surface area (Å²) in [6, 6.07) is 31.6. The smallest absolute Gasteiger partial charge is 0.264 e. The predicted molar refractivity (Wildman–Crippen MR) is 153 cm³/mol. The number of ether oxygens (including phenoxy) is 1. The van der Waals surface area contributed by atoms with Crippen LogP contribution in [0.2, 0.25) is 0 Å². The Balaban J connectivity index is 1.37. The standard InChI is InChI=1S/C29H24N4O4S2/c1-21-12-14-22(15-13-21)28-31-32-29(38-28)30-27(34)20-33(39(35,36)26-10-6-3-7-11-26)23-16-18-25(19-17-23)37-24-8-4-2-5-9-24/h2-19H,20H2,1H3,(H,30,32,34). The Morgan fingerprint density at radius 2 is 1.44 bits per heavy atom. The fraction of sp³-hybridized carbons (Fsp3) is 0.0690. The molecule has 10 heteroatoms. The Hall–Kier alpha value is -4.54. The van der Waals surface area contributed by atoms with E-state index in [9.17, 15) is 13.2 Å². The summed E-state index contributed by atoms with van der Waals surface area (Å²) in [6.07, 6.45) is 0. The number of sulfonamides is 1. The second kappa shape index (κ2) is 11.5. The number of aromatic nitrogens is 2. The van der Waals surface area contributed by atoms with Gasteiger partial charge in [-0.1, -0.05) is 77.6 Å². The van der Waals surface area contributed by atoms with E-state index < -0.39 is 22.5 Å². The molecule has 0 saturated carbocycles. The number of carbonyl (C=O) groups excluding carboxylic acids is 1. The van der Waals surface area contributed by atoms with Crippen molar-refractivity contribution in [3.05, 3.63) is 115 Å². The van der Waals surface area contributed by atoms with Crippen LogP contribution in [0.25, 0.3) is 10.6 Å². The summed E-state index contributed by atoms with van der Waals surface area (Å²) >= 11 is 1.21. The highest BCUT2D eigenvalue weighted by Gasteiger charge is 2.27. The van der Waals surface area contributed by atoms with Gasteiger partial charge in [-0.15, -0.1) is 10.2 Å². The average molecular weight is 557 g/mol. The predicted octanol–water partition coefficient (Wildman–Crippen LogP) is 6.14. The minimum absolute atomic E-state index is 0.0694. The monoisotopic (exact) mass is 556 g/mol. The third-order valence-corrected chi connectivity index (χ3v) is 8.37. The van der Waals surface area contributed by atoms with Crippen LogP contribution >= 0.6 is 11.3 Å². The van der Waals surface area contributed by atoms with Crippen LogP contribution in [0.15, 0.2) is 114 Å². The molecule has 8 nitrogen and oxygen atoms in total. The van der Waals surface area contributed by atoms with Crippen molar-refractivity contribution in [2.24, 2.45) is 0 Å². The molecular weight excluding hydrogens is 532 g/mol. The molecule has 0 spiro atoms. The summed E-state index contributed by atoms with van der Waals surface area (Å²) < 4.78 is 34.1. The second-order valence-corrected chi connectivity index (χ2v) is 11.4. The third kappa shape index (κ3) is 6.31. The van der Waals surface area contributed by atoms with Crippen molar-refractivity contribution in [2.75, 3.05) is 16.2 Å². The van der Waals surface area contributed by atoms with Crippen molar-refractivity contribution in [1.82, 2.24) is 10.2 Å². The molecule has 0 bridgehead atoms. The first-order valence-corrected chi connectivity index (χ1v) is 14.3. The topological polar surface area (TPSA) is 101 Å². The number of hydrogen-bond acceptors (Lipinski definition) is 7. The van der Waals surface area contributed by atoms with Crippen LogP contribution < -0.4 is 14.4 Å². The summed E-state index contributed by atoms with van der Waals surface area (Å²) in [5.74, 6) is 0.634. The Kier molecular flexibility index (Phi) is 7.67. The number of anilines is 2. The molecular formula is C29H24N4O4S2. The first-order valence-electron chi connectivity index (χ1n) is 12.0.